The molecule has 45 heavy (non-hydrogen) atoms. The summed E-state index contributed by atoms with van der Waals surface area (Å²) in [5, 5.41) is 0.377. The molecule has 1 aliphatic rings. The average molecular weight is 614 g/mol. The Balaban J connectivity index is 1.34. The number of halogens is 1. The van der Waals surface area contributed by atoms with Crippen LogP contribution < -0.4 is 0 Å². The van der Waals surface area contributed by atoms with E-state index in [4.69, 9.17) is 11.6 Å². The second-order valence-electron chi connectivity index (χ2n) is 11.0. The average Bonchev–Trinajstić information content (AvgIpc) is 3.10. The van der Waals surface area contributed by atoms with Crippen LogP contribution >= 0.6 is 11.6 Å². The quantitative estimate of drug-likeness (QED) is 0.141. The van der Waals surface area contributed by atoms with Crippen LogP contribution in [-0.2, 0) is 35.5 Å². The summed E-state index contributed by atoms with van der Waals surface area (Å²) >= 11 is 5.96. The number of nitrogens with zero attached hydrogens (tertiary/aromatic N) is 5. The molecule has 2 amide bonds. The summed E-state index contributed by atoms with van der Waals surface area (Å²) in [7, 11) is 0. The standard InChI is InChI=1S/C37H32ClN5O2/c38-35-16-12-28(21-41-35)13-17-36(44)43(24-29-10-14-31(15-11-29)33-22-39-26-40-23-33)34(20-27-6-2-1-3-7-27)37(45)42-19-18-30-8-4-5-9-32(30)25-42/h1-17,21-23,26,34H,18-20,24-25H2/t34-/m0/s1. The first-order valence-electron chi connectivity index (χ1n) is 14.9. The summed E-state index contributed by atoms with van der Waals surface area (Å²) in [6.07, 6.45) is 11.0. The first-order valence-corrected chi connectivity index (χ1v) is 15.3. The highest BCUT2D eigenvalue weighted by atomic mass is 35.5. The van der Waals surface area contributed by atoms with Gasteiger partial charge in [-0.05, 0) is 51.9 Å². The molecule has 3 heterocycles. The predicted octanol–water partition coefficient (Wildman–Crippen LogP) is 6.43. The summed E-state index contributed by atoms with van der Waals surface area (Å²) in [6, 6.07) is 28.8. The molecule has 8 heteroatoms. The van der Waals surface area contributed by atoms with Gasteiger partial charge in [0.2, 0.25) is 11.8 Å². The van der Waals surface area contributed by atoms with Crippen LogP contribution in [0.4, 0.5) is 0 Å². The molecule has 0 radical (unpaired) electrons. The fourth-order valence-electron chi connectivity index (χ4n) is 5.60. The molecule has 6 rings (SSSR count). The minimum absolute atomic E-state index is 0.0682. The Hall–Kier alpha value is -5.14. The van der Waals surface area contributed by atoms with Gasteiger partial charge in [-0.3, -0.25) is 9.59 Å². The first kappa shape index (κ1) is 29.9. The molecule has 1 aliphatic heterocycles. The van der Waals surface area contributed by atoms with Gasteiger partial charge in [0.15, 0.2) is 0 Å². The number of rotatable bonds is 9. The maximum atomic E-state index is 14.5. The van der Waals surface area contributed by atoms with E-state index >= 15 is 0 Å². The van der Waals surface area contributed by atoms with Crippen molar-refractivity contribution in [3.63, 3.8) is 0 Å². The topological polar surface area (TPSA) is 79.3 Å². The minimum Gasteiger partial charge on any atom is -0.336 e. The second kappa shape index (κ2) is 14.1. The maximum Gasteiger partial charge on any atom is 0.247 e. The van der Waals surface area contributed by atoms with Crippen LogP contribution in [0.25, 0.3) is 17.2 Å². The predicted molar refractivity (Wildman–Crippen MR) is 176 cm³/mol. The van der Waals surface area contributed by atoms with Gasteiger partial charge in [-0.1, -0.05) is 96.5 Å². The van der Waals surface area contributed by atoms with Gasteiger partial charge in [0.05, 0.1) is 0 Å². The van der Waals surface area contributed by atoms with Crippen LogP contribution in [0.5, 0.6) is 0 Å². The summed E-state index contributed by atoms with van der Waals surface area (Å²) in [4.78, 5) is 44.5. The Labute approximate surface area is 267 Å². The lowest BCUT2D eigenvalue weighted by Gasteiger charge is -2.37. The molecule has 2 aromatic heterocycles. The molecular weight excluding hydrogens is 582 g/mol. The number of amides is 2. The number of pyridine rings is 1. The molecule has 0 spiro atoms. The number of fused-ring (bicyclic) bond motifs is 1. The van der Waals surface area contributed by atoms with E-state index < -0.39 is 6.04 Å². The van der Waals surface area contributed by atoms with E-state index in [0.29, 0.717) is 24.7 Å². The Bertz CT molecular complexity index is 1780. The Morgan fingerprint density at radius 2 is 1.56 bits per heavy atom. The van der Waals surface area contributed by atoms with Gasteiger partial charge in [0, 0.05) is 56.3 Å². The van der Waals surface area contributed by atoms with Crippen molar-refractivity contribution in [1.29, 1.82) is 0 Å². The molecule has 0 aliphatic carbocycles. The Morgan fingerprint density at radius 3 is 2.29 bits per heavy atom. The minimum atomic E-state index is -0.722. The molecule has 5 aromatic rings. The molecule has 0 saturated heterocycles. The van der Waals surface area contributed by atoms with Crippen molar-refractivity contribution < 1.29 is 9.59 Å². The fraction of sp³-hybridized carbons (Fsp3) is 0.162. The van der Waals surface area contributed by atoms with E-state index in [-0.39, 0.29) is 18.4 Å². The third-order valence-corrected chi connectivity index (χ3v) is 8.25. The van der Waals surface area contributed by atoms with Crippen LogP contribution in [0.3, 0.4) is 0 Å². The molecule has 7 nitrogen and oxygen atoms in total. The molecule has 0 bridgehead atoms. The number of hydrogen-bond acceptors (Lipinski definition) is 5. The van der Waals surface area contributed by atoms with E-state index in [1.54, 1.807) is 41.7 Å². The van der Waals surface area contributed by atoms with E-state index in [2.05, 4.69) is 27.1 Å². The van der Waals surface area contributed by atoms with Gasteiger partial charge in [0.25, 0.3) is 0 Å². The lowest BCUT2D eigenvalue weighted by Crippen LogP contribution is -2.52. The molecule has 0 fully saturated rings. The van der Waals surface area contributed by atoms with E-state index in [9.17, 15) is 9.59 Å². The Kier molecular flexibility index (Phi) is 9.37. The summed E-state index contributed by atoms with van der Waals surface area (Å²) < 4.78 is 0. The van der Waals surface area contributed by atoms with Crippen LogP contribution in [0.15, 0.2) is 122 Å². The fourth-order valence-corrected chi connectivity index (χ4v) is 5.71. The number of carbonyl (C=O) groups is 2. The highest BCUT2D eigenvalue weighted by molar-refractivity contribution is 6.29. The highest BCUT2D eigenvalue weighted by Crippen LogP contribution is 2.24. The largest absolute Gasteiger partial charge is 0.336 e. The Morgan fingerprint density at radius 1 is 0.822 bits per heavy atom. The van der Waals surface area contributed by atoms with Crippen molar-refractivity contribution in [2.45, 2.75) is 32.0 Å². The van der Waals surface area contributed by atoms with Crippen molar-refractivity contribution in [3.05, 3.63) is 155 Å². The normalized spacial score (nSPS) is 13.3. The van der Waals surface area contributed by atoms with Gasteiger partial charge < -0.3 is 9.80 Å². The lowest BCUT2D eigenvalue weighted by atomic mass is 9.97. The SMILES string of the molecule is O=C([C@H](Cc1ccccc1)N(Cc1ccc(-c2cncnc2)cc1)C(=O)C=Cc1ccc(Cl)nc1)N1CCc2ccccc2C1. The molecule has 224 valence electrons. The van der Waals surface area contributed by atoms with Gasteiger partial charge in [-0.2, -0.15) is 0 Å². The number of aromatic nitrogens is 3. The van der Waals surface area contributed by atoms with Crippen LogP contribution in [0.1, 0.15) is 27.8 Å². The third-order valence-electron chi connectivity index (χ3n) is 8.03. The summed E-state index contributed by atoms with van der Waals surface area (Å²) in [6.45, 7) is 1.37. The molecule has 0 saturated carbocycles. The van der Waals surface area contributed by atoms with E-state index in [0.717, 1.165) is 39.8 Å². The van der Waals surface area contributed by atoms with Crippen molar-refractivity contribution in [2.75, 3.05) is 6.54 Å². The number of benzene rings is 3. The second-order valence-corrected chi connectivity index (χ2v) is 11.4. The zero-order valence-electron chi connectivity index (χ0n) is 24.7. The van der Waals surface area contributed by atoms with Crippen molar-refractivity contribution in [3.8, 4) is 11.1 Å². The van der Waals surface area contributed by atoms with Gasteiger partial charge >= 0.3 is 0 Å². The van der Waals surface area contributed by atoms with Crippen molar-refractivity contribution in [2.24, 2.45) is 0 Å². The maximum absolute atomic E-state index is 14.5. The molecule has 1 atom stereocenters. The van der Waals surface area contributed by atoms with Crippen LogP contribution in [0, 0.1) is 0 Å². The zero-order chi connectivity index (χ0) is 31.0. The van der Waals surface area contributed by atoms with Gasteiger partial charge in [0.1, 0.15) is 17.5 Å². The third kappa shape index (κ3) is 7.51. The van der Waals surface area contributed by atoms with Crippen molar-refractivity contribution >= 4 is 29.5 Å². The smallest absolute Gasteiger partial charge is 0.247 e. The number of carbonyl (C=O) groups excluding carboxylic acids is 2. The lowest BCUT2D eigenvalue weighted by molar-refractivity contribution is -0.144. The first-order chi connectivity index (χ1) is 22.0. The molecular formula is C37H32ClN5O2. The van der Waals surface area contributed by atoms with Crippen molar-refractivity contribution in [1.82, 2.24) is 24.8 Å². The number of hydrogen-bond donors (Lipinski definition) is 0. The summed E-state index contributed by atoms with van der Waals surface area (Å²) in [5.41, 5.74) is 6.90. The van der Waals surface area contributed by atoms with E-state index in [1.165, 1.54) is 18.0 Å². The van der Waals surface area contributed by atoms with Crippen LogP contribution in [-0.4, -0.2) is 49.2 Å². The van der Waals surface area contributed by atoms with Gasteiger partial charge in [-0.15, -0.1) is 0 Å². The van der Waals surface area contributed by atoms with E-state index in [1.807, 2.05) is 71.6 Å². The zero-order valence-corrected chi connectivity index (χ0v) is 25.4. The molecule has 3 aromatic carbocycles. The monoisotopic (exact) mass is 613 g/mol. The van der Waals surface area contributed by atoms with Crippen LogP contribution in [0.2, 0.25) is 5.15 Å². The molecule has 0 N–H and O–H groups in total. The molecule has 0 unspecified atom stereocenters. The van der Waals surface area contributed by atoms with Gasteiger partial charge in [-0.25, -0.2) is 15.0 Å². The highest BCUT2D eigenvalue weighted by Gasteiger charge is 2.34. The summed E-state index contributed by atoms with van der Waals surface area (Å²) in [5.74, 6) is -0.335.